The monoisotopic (exact) mass is 536 g/mol. The van der Waals surface area contributed by atoms with Crippen LogP contribution < -0.4 is 32.6 Å². The van der Waals surface area contributed by atoms with E-state index in [1.165, 1.54) is 18.4 Å². The van der Waals surface area contributed by atoms with Crippen molar-refractivity contribution in [1.29, 1.82) is 0 Å². The molecule has 2 atom stereocenters. The zero-order valence-corrected chi connectivity index (χ0v) is 25.2. The molecular formula is C32H52N6O. The average Bonchev–Trinajstić information content (AvgIpc) is 2.89. The molecule has 0 radical (unpaired) electrons. The maximum absolute atomic E-state index is 6.67. The van der Waals surface area contributed by atoms with E-state index in [1.807, 2.05) is 19.2 Å². The summed E-state index contributed by atoms with van der Waals surface area (Å²) in [5.74, 6) is 1.58. The highest BCUT2D eigenvalue weighted by atomic mass is 16.5. The SMILES string of the molecule is CC/C=C\C(=C/N(C)C(CC)CC(C)CC)c1cccc(N/C(C=C(N)N)=C(/N)C(NC)=C2CCC2)c1OC. The Morgan fingerprint density at radius 3 is 2.36 bits per heavy atom. The number of hydrogen-bond acceptors (Lipinski definition) is 7. The van der Waals surface area contributed by atoms with Crippen molar-refractivity contribution in [3.05, 3.63) is 76.7 Å². The quantitative estimate of drug-likeness (QED) is 0.171. The van der Waals surface area contributed by atoms with Gasteiger partial charge in [0.15, 0.2) is 0 Å². The van der Waals surface area contributed by atoms with Crippen LogP contribution in [0.5, 0.6) is 5.75 Å². The molecule has 1 saturated carbocycles. The first-order chi connectivity index (χ1) is 18.7. The van der Waals surface area contributed by atoms with E-state index >= 15 is 0 Å². The predicted octanol–water partition coefficient (Wildman–Crippen LogP) is 6.15. The Kier molecular flexibility index (Phi) is 12.9. The van der Waals surface area contributed by atoms with Crippen LogP contribution in [0.3, 0.4) is 0 Å². The number of nitrogens with two attached hydrogens (primary N) is 3. The number of hydrogen-bond donors (Lipinski definition) is 5. The molecule has 216 valence electrons. The Hall–Kier alpha value is -3.48. The average molecular weight is 537 g/mol. The summed E-state index contributed by atoms with van der Waals surface area (Å²) in [5, 5.41) is 6.74. The number of nitrogens with zero attached hydrogens (tertiary/aromatic N) is 1. The number of ether oxygens (including phenoxy) is 1. The van der Waals surface area contributed by atoms with Gasteiger partial charge in [-0.1, -0.05) is 58.4 Å². The van der Waals surface area contributed by atoms with Gasteiger partial charge in [-0.3, -0.25) is 0 Å². The first-order valence-electron chi connectivity index (χ1n) is 14.4. The third-order valence-corrected chi connectivity index (χ3v) is 7.53. The fraction of sp³-hybridized carbons (Fsp3) is 0.500. The highest BCUT2D eigenvalue weighted by Crippen LogP contribution is 2.37. The standard InChI is InChI=1S/C32H52N6O/c1-8-11-14-24(21-38(6)25(10-3)19-22(4)9-2)26-17-13-18-27(32(26)39-7)37-28(20-29(33)34)30(35)31(36-5)23-15-12-16-23/h11,13-14,17-18,20-22,25,36-37H,8-10,12,15-16,19,33-35H2,1-7H3/b14-11-,24-21+,30-28+. The van der Waals surface area contributed by atoms with Crippen LogP contribution in [0.25, 0.3) is 5.57 Å². The molecule has 2 rings (SSSR count). The van der Waals surface area contributed by atoms with Crippen LogP contribution in [0.15, 0.2) is 71.1 Å². The van der Waals surface area contributed by atoms with Gasteiger partial charge in [0.2, 0.25) is 0 Å². The highest BCUT2D eigenvalue weighted by Gasteiger charge is 2.20. The van der Waals surface area contributed by atoms with E-state index in [4.69, 9.17) is 21.9 Å². The lowest BCUT2D eigenvalue weighted by molar-refractivity contribution is 0.267. The zero-order valence-electron chi connectivity index (χ0n) is 25.2. The second kappa shape index (κ2) is 15.8. The maximum Gasteiger partial charge on any atom is 0.150 e. The minimum atomic E-state index is 0.171. The smallest absolute Gasteiger partial charge is 0.150 e. The van der Waals surface area contributed by atoms with E-state index in [2.05, 4.69) is 74.7 Å². The summed E-state index contributed by atoms with van der Waals surface area (Å²) >= 11 is 0. The molecule has 7 nitrogen and oxygen atoms in total. The van der Waals surface area contributed by atoms with Gasteiger partial charge in [0.25, 0.3) is 0 Å². The number of anilines is 1. The number of rotatable bonds is 15. The van der Waals surface area contributed by atoms with Crippen molar-refractivity contribution in [2.24, 2.45) is 23.1 Å². The number of allylic oxidation sites excluding steroid dienone is 5. The van der Waals surface area contributed by atoms with E-state index in [-0.39, 0.29) is 5.82 Å². The number of benzene rings is 1. The third kappa shape index (κ3) is 8.77. The van der Waals surface area contributed by atoms with Gasteiger partial charge in [0.05, 0.1) is 35.7 Å². The number of para-hydroxylation sites is 1. The molecule has 1 aliphatic rings. The lowest BCUT2D eigenvalue weighted by atomic mass is 9.89. The Morgan fingerprint density at radius 1 is 1.13 bits per heavy atom. The van der Waals surface area contributed by atoms with E-state index in [9.17, 15) is 0 Å². The number of likely N-dealkylation sites (N-methyl/N-ethyl adjacent to an activating group) is 1. The maximum atomic E-state index is 6.67. The van der Waals surface area contributed by atoms with Gasteiger partial charge in [-0.05, 0) is 56.1 Å². The summed E-state index contributed by atoms with van der Waals surface area (Å²) in [4.78, 5) is 2.35. The number of methoxy groups -OCH3 is 1. The molecule has 2 unspecified atom stereocenters. The van der Waals surface area contributed by atoms with Crippen LogP contribution in [0.2, 0.25) is 0 Å². The molecule has 0 heterocycles. The Balaban J connectivity index is 2.60. The van der Waals surface area contributed by atoms with Crippen LogP contribution in [0, 0.1) is 5.92 Å². The molecule has 8 N–H and O–H groups in total. The normalized spacial score (nSPS) is 15.7. The van der Waals surface area contributed by atoms with Crippen LogP contribution in [0.1, 0.15) is 78.2 Å². The summed E-state index contributed by atoms with van der Waals surface area (Å²) in [6.45, 7) is 8.99. The Morgan fingerprint density at radius 2 is 1.85 bits per heavy atom. The van der Waals surface area contributed by atoms with E-state index in [1.54, 1.807) is 13.2 Å². The van der Waals surface area contributed by atoms with Crippen molar-refractivity contribution in [3.63, 3.8) is 0 Å². The van der Waals surface area contributed by atoms with E-state index in [0.717, 1.165) is 60.4 Å². The summed E-state index contributed by atoms with van der Waals surface area (Å²) in [6.07, 6.45) is 15.9. The fourth-order valence-electron chi connectivity index (χ4n) is 4.84. The van der Waals surface area contributed by atoms with Crippen molar-refractivity contribution in [1.82, 2.24) is 10.2 Å². The summed E-state index contributed by atoms with van der Waals surface area (Å²) in [5.41, 5.74) is 24.8. The van der Waals surface area contributed by atoms with Crippen molar-refractivity contribution in [2.75, 3.05) is 26.5 Å². The van der Waals surface area contributed by atoms with Gasteiger partial charge in [0.1, 0.15) is 5.75 Å². The summed E-state index contributed by atoms with van der Waals surface area (Å²) in [6, 6.07) is 6.56. The summed E-state index contributed by atoms with van der Waals surface area (Å²) < 4.78 is 6.01. The third-order valence-electron chi connectivity index (χ3n) is 7.53. The largest absolute Gasteiger partial charge is 0.494 e. The van der Waals surface area contributed by atoms with E-state index < -0.39 is 0 Å². The molecule has 0 aliphatic heterocycles. The Labute approximate surface area is 236 Å². The first kappa shape index (κ1) is 31.7. The first-order valence-corrected chi connectivity index (χ1v) is 14.4. The molecule has 39 heavy (non-hydrogen) atoms. The van der Waals surface area contributed by atoms with Gasteiger partial charge in [0, 0.05) is 43.5 Å². The minimum absolute atomic E-state index is 0.171. The zero-order chi connectivity index (χ0) is 28.9. The van der Waals surface area contributed by atoms with Crippen LogP contribution in [-0.2, 0) is 0 Å². The molecule has 0 amide bonds. The molecule has 1 aliphatic carbocycles. The number of nitrogens with one attached hydrogen (secondary N) is 2. The Bertz CT molecular complexity index is 1090. The van der Waals surface area contributed by atoms with E-state index in [0.29, 0.717) is 23.4 Å². The van der Waals surface area contributed by atoms with Gasteiger partial charge < -0.3 is 37.5 Å². The van der Waals surface area contributed by atoms with Crippen LogP contribution >= 0.6 is 0 Å². The van der Waals surface area contributed by atoms with Gasteiger partial charge in [-0.25, -0.2) is 0 Å². The molecule has 1 aromatic rings. The van der Waals surface area contributed by atoms with Gasteiger partial charge in [-0.15, -0.1) is 0 Å². The van der Waals surface area contributed by atoms with Crippen molar-refractivity contribution >= 4 is 11.3 Å². The summed E-state index contributed by atoms with van der Waals surface area (Å²) in [7, 11) is 5.76. The molecule has 7 heteroatoms. The lowest BCUT2D eigenvalue weighted by Crippen LogP contribution is -2.28. The topological polar surface area (TPSA) is 115 Å². The highest BCUT2D eigenvalue weighted by molar-refractivity contribution is 5.82. The molecule has 0 aromatic heterocycles. The lowest BCUT2D eigenvalue weighted by Gasteiger charge is -2.29. The fourth-order valence-corrected chi connectivity index (χ4v) is 4.84. The predicted molar refractivity (Wildman–Crippen MR) is 168 cm³/mol. The molecular weight excluding hydrogens is 484 g/mol. The molecule has 1 fully saturated rings. The van der Waals surface area contributed by atoms with Crippen molar-refractivity contribution in [3.8, 4) is 5.75 Å². The van der Waals surface area contributed by atoms with Crippen molar-refractivity contribution < 1.29 is 4.74 Å². The second-order valence-corrected chi connectivity index (χ2v) is 10.4. The van der Waals surface area contributed by atoms with Gasteiger partial charge >= 0.3 is 0 Å². The molecule has 0 spiro atoms. The van der Waals surface area contributed by atoms with Crippen LogP contribution in [0.4, 0.5) is 5.69 Å². The molecule has 0 saturated heterocycles. The van der Waals surface area contributed by atoms with Crippen molar-refractivity contribution in [2.45, 2.75) is 78.7 Å². The minimum Gasteiger partial charge on any atom is -0.494 e. The van der Waals surface area contributed by atoms with Gasteiger partial charge in [-0.2, -0.15) is 0 Å². The molecule has 0 bridgehead atoms. The second-order valence-electron chi connectivity index (χ2n) is 10.4. The van der Waals surface area contributed by atoms with Crippen LogP contribution in [-0.4, -0.2) is 32.1 Å². The molecule has 1 aromatic carbocycles.